The number of benzene rings is 1. The van der Waals surface area contributed by atoms with E-state index in [1.807, 2.05) is 6.07 Å². The Kier molecular flexibility index (Phi) is 6.32. The van der Waals surface area contributed by atoms with Crippen molar-refractivity contribution in [2.24, 2.45) is 16.6 Å². The molecule has 6 N–H and O–H groups in total. The molecule has 0 aliphatic heterocycles. The first-order valence-electron chi connectivity index (χ1n) is 12.7. The molecule has 1 aromatic rings. The van der Waals surface area contributed by atoms with E-state index in [0.717, 1.165) is 36.8 Å². The number of aryl methyl sites for hydroxylation is 1. The zero-order chi connectivity index (χ0) is 27.7. The van der Waals surface area contributed by atoms with E-state index in [9.17, 15) is 34.8 Å². The Labute approximate surface area is 216 Å². The molecule has 0 bridgehead atoms. The number of nitrogens with zero attached hydrogens (tertiary/aromatic N) is 1. The number of aromatic hydroxyl groups is 1. The second-order valence-electron chi connectivity index (χ2n) is 11.5. The lowest BCUT2D eigenvalue weighted by Crippen LogP contribution is -2.72. The quantitative estimate of drug-likeness (QED) is 0.287. The largest absolute Gasteiger partial charge is 0.508 e. The average molecular weight is 513 g/mol. The molecule has 0 spiro atoms. The number of hydrogen-bond donors (Lipinski definition) is 5. The lowest BCUT2D eigenvalue weighted by molar-refractivity contribution is -0.176. The monoisotopic (exact) mass is 512 g/mol. The number of aliphatic hydroxyl groups excluding tert-OH is 2. The molecule has 200 valence electrons. The summed E-state index contributed by atoms with van der Waals surface area (Å²) in [6, 6.07) is 2.15. The number of likely N-dealkylation sites (N-methyl/N-ethyl adjacent to an activating group) is 1. The molecule has 37 heavy (non-hydrogen) atoms. The third-order valence-corrected chi connectivity index (χ3v) is 8.66. The van der Waals surface area contributed by atoms with Crippen LogP contribution in [0, 0.1) is 10.8 Å². The van der Waals surface area contributed by atoms with E-state index < -0.39 is 57.0 Å². The lowest BCUT2D eigenvalue weighted by Gasteiger charge is -2.59. The summed E-state index contributed by atoms with van der Waals surface area (Å²) < 4.78 is 0. The smallest absolute Gasteiger partial charge is 0.255 e. The maximum Gasteiger partial charge on any atom is 0.255 e. The first-order valence-corrected chi connectivity index (χ1v) is 12.7. The predicted octanol–water partition coefficient (Wildman–Crippen LogP) is 2.48. The van der Waals surface area contributed by atoms with Gasteiger partial charge in [-0.1, -0.05) is 39.7 Å². The number of fused-ring (bicyclic) bond motifs is 3. The maximum absolute atomic E-state index is 14.2. The summed E-state index contributed by atoms with van der Waals surface area (Å²) in [7, 11) is 3.18. The fourth-order valence-corrected chi connectivity index (χ4v) is 7.18. The molecule has 3 aliphatic rings. The van der Waals surface area contributed by atoms with Crippen LogP contribution in [0.1, 0.15) is 63.1 Å². The van der Waals surface area contributed by atoms with Crippen LogP contribution in [0.25, 0.3) is 5.76 Å². The van der Waals surface area contributed by atoms with Crippen LogP contribution in [0.4, 0.5) is 0 Å². The number of amides is 1. The van der Waals surface area contributed by atoms with Gasteiger partial charge in [0.15, 0.2) is 11.4 Å². The molecule has 3 aliphatic carbocycles. The number of aliphatic hydroxyl groups is 3. The van der Waals surface area contributed by atoms with E-state index in [0.29, 0.717) is 0 Å². The minimum Gasteiger partial charge on any atom is -0.508 e. The molecule has 0 heterocycles. The van der Waals surface area contributed by atoms with E-state index in [1.54, 1.807) is 27.9 Å². The third kappa shape index (κ3) is 3.47. The summed E-state index contributed by atoms with van der Waals surface area (Å²) in [5.74, 6) is -4.81. The Balaban J connectivity index is 2.01. The van der Waals surface area contributed by atoms with Crippen molar-refractivity contribution >= 4 is 23.2 Å². The highest BCUT2D eigenvalue weighted by atomic mass is 16.3. The van der Waals surface area contributed by atoms with Crippen LogP contribution in [0.15, 0.2) is 29.0 Å². The second kappa shape index (κ2) is 8.70. The van der Waals surface area contributed by atoms with Gasteiger partial charge in [-0.25, -0.2) is 0 Å². The van der Waals surface area contributed by atoms with Crippen LogP contribution in [-0.4, -0.2) is 68.5 Å². The normalized spacial score (nSPS) is 31.4. The summed E-state index contributed by atoms with van der Waals surface area (Å²) >= 11 is 0. The number of ketones is 2. The Hall–Kier alpha value is -3.17. The zero-order valence-electron chi connectivity index (χ0n) is 22.0. The van der Waals surface area contributed by atoms with E-state index in [1.165, 1.54) is 11.0 Å². The Morgan fingerprint density at radius 3 is 2.35 bits per heavy atom. The molecular formula is C28H36N2O7. The van der Waals surface area contributed by atoms with Gasteiger partial charge in [-0.05, 0) is 57.0 Å². The Morgan fingerprint density at radius 1 is 1.14 bits per heavy atom. The number of Topliss-reactive ketones (excluding diaryl/α,β-unsaturated/α-hetero) is 2. The number of nitrogens with two attached hydrogens (primary N) is 1. The standard InChI is InChI=1S/C28H36N2O7/c1-6-7-8-9-14-10-11-16(31)17-15(14)12-26(2)13-27(3)22(30(4)5)21(33)18(25(29)36)23(34)28(27,37)24(35)19(26)20(17)32/h10-11,22,31-32,34,37H,6-9,12-13H2,1-5H3,(H2,29,36)/t22-,26+,27+,28-/m1/s1. The molecule has 0 saturated heterocycles. The maximum atomic E-state index is 14.2. The number of phenolic OH excluding ortho intramolecular Hbond substituents is 1. The number of rotatable bonds is 6. The van der Waals surface area contributed by atoms with Gasteiger partial charge in [0.05, 0.1) is 11.6 Å². The molecule has 0 unspecified atom stereocenters. The molecular weight excluding hydrogens is 476 g/mol. The van der Waals surface area contributed by atoms with Crippen molar-refractivity contribution in [2.45, 2.75) is 70.9 Å². The van der Waals surface area contributed by atoms with Crippen molar-refractivity contribution in [3.8, 4) is 5.75 Å². The molecule has 1 aromatic carbocycles. The van der Waals surface area contributed by atoms with Crippen molar-refractivity contribution in [3.05, 3.63) is 45.7 Å². The van der Waals surface area contributed by atoms with E-state index in [2.05, 4.69) is 6.92 Å². The van der Waals surface area contributed by atoms with Gasteiger partial charge >= 0.3 is 0 Å². The lowest BCUT2D eigenvalue weighted by atomic mass is 9.46. The predicted molar refractivity (Wildman–Crippen MR) is 137 cm³/mol. The van der Waals surface area contributed by atoms with Gasteiger partial charge in [-0.3, -0.25) is 19.3 Å². The highest BCUT2D eigenvalue weighted by Gasteiger charge is 2.72. The molecule has 9 heteroatoms. The fourth-order valence-electron chi connectivity index (χ4n) is 7.18. The molecule has 9 nitrogen and oxygen atoms in total. The number of primary amides is 1. The zero-order valence-corrected chi connectivity index (χ0v) is 22.0. The minimum absolute atomic E-state index is 0.0236. The Bertz CT molecular complexity index is 1280. The Morgan fingerprint density at radius 2 is 1.78 bits per heavy atom. The number of carbonyl (C=O) groups excluding carboxylic acids is 3. The molecule has 0 radical (unpaired) electrons. The SMILES string of the molecule is CCCCCc1ccc(O)c2c1C[C@@]1(C)C[C@@]3(C)[C@H](N(C)C)C(=O)C(C(N)=O)=C(O)[C@@]3(O)C(=O)C1=C2O. The van der Waals surface area contributed by atoms with Crippen molar-refractivity contribution in [2.75, 3.05) is 14.1 Å². The van der Waals surface area contributed by atoms with Gasteiger partial charge < -0.3 is 26.2 Å². The van der Waals surface area contributed by atoms with Crippen molar-refractivity contribution in [3.63, 3.8) is 0 Å². The van der Waals surface area contributed by atoms with Gasteiger partial charge in [0.1, 0.15) is 22.8 Å². The van der Waals surface area contributed by atoms with Crippen molar-refractivity contribution in [1.29, 1.82) is 0 Å². The second-order valence-corrected chi connectivity index (χ2v) is 11.5. The number of unbranched alkanes of at least 4 members (excludes halogenated alkanes) is 2. The van der Waals surface area contributed by atoms with Crippen LogP contribution < -0.4 is 5.73 Å². The topological polar surface area (TPSA) is 161 Å². The summed E-state index contributed by atoms with van der Waals surface area (Å²) in [5, 5.41) is 45.2. The number of phenols is 1. The summed E-state index contributed by atoms with van der Waals surface area (Å²) in [6.45, 7) is 5.43. The molecule has 4 atom stereocenters. The fraction of sp³-hybridized carbons (Fsp3) is 0.536. The number of hydrogen-bond acceptors (Lipinski definition) is 8. The minimum atomic E-state index is -2.70. The first kappa shape index (κ1) is 26.9. The van der Waals surface area contributed by atoms with E-state index in [4.69, 9.17) is 5.73 Å². The van der Waals surface area contributed by atoms with Gasteiger partial charge in [-0.15, -0.1) is 0 Å². The van der Waals surface area contributed by atoms with Crippen LogP contribution in [0.3, 0.4) is 0 Å². The summed E-state index contributed by atoms with van der Waals surface area (Å²) in [5.41, 5.74) is 0.933. The van der Waals surface area contributed by atoms with Gasteiger partial charge in [-0.2, -0.15) is 0 Å². The molecule has 1 amide bonds. The van der Waals surface area contributed by atoms with E-state index in [-0.39, 0.29) is 29.7 Å². The molecule has 4 rings (SSSR count). The highest BCUT2D eigenvalue weighted by molar-refractivity contribution is 6.25. The average Bonchev–Trinajstić information content (AvgIpc) is 2.77. The summed E-state index contributed by atoms with van der Waals surface area (Å²) in [4.78, 5) is 41.3. The molecule has 0 aromatic heterocycles. The van der Waals surface area contributed by atoms with Crippen LogP contribution in [0.2, 0.25) is 0 Å². The van der Waals surface area contributed by atoms with Crippen LogP contribution in [0.5, 0.6) is 5.75 Å². The highest BCUT2D eigenvalue weighted by Crippen LogP contribution is 2.63. The van der Waals surface area contributed by atoms with Crippen molar-refractivity contribution in [1.82, 2.24) is 4.90 Å². The van der Waals surface area contributed by atoms with Gasteiger partial charge in [0.2, 0.25) is 5.78 Å². The van der Waals surface area contributed by atoms with Crippen LogP contribution in [-0.2, 0) is 27.2 Å². The number of carbonyl (C=O) groups is 3. The third-order valence-electron chi connectivity index (χ3n) is 8.66. The summed E-state index contributed by atoms with van der Waals surface area (Å²) in [6.07, 6.45) is 4.00. The first-order chi connectivity index (χ1) is 17.2. The van der Waals surface area contributed by atoms with Crippen LogP contribution >= 0.6 is 0 Å². The van der Waals surface area contributed by atoms with Crippen molar-refractivity contribution < 1.29 is 34.8 Å². The molecule has 1 fully saturated rings. The van der Waals surface area contributed by atoms with E-state index >= 15 is 0 Å². The van der Waals surface area contributed by atoms with Gasteiger partial charge in [0.25, 0.3) is 5.91 Å². The van der Waals surface area contributed by atoms with Gasteiger partial charge in [0, 0.05) is 16.4 Å². The molecule has 1 saturated carbocycles.